The minimum atomic E-state index is -0.320. The molecule has 92 valence electrons. The van der Waals surface area contributed by atoms with E-state index in [1.54, 1.807) is 30.3 Å². The van der Waals surface area contributed by atoms with Crippen LogP contribution in [0.1, 0.15) is 5.56 Å². The van der Waals surface area contributed by atoms with Crippen molar-refractivity contribution in [3.63, 3.8) is 0 Å². The summed E-state index contributed by atoms with van der Waals surface area (Å²) in [7, 11) is 0. The zero-order valence-electron chi connectivity index (χ0n) is 9.28. The summed E-state index contributed by atoms with van der Waals surface area (Å²) in [5.41, 5.74) is 7.45. The van der Waals surface area contributed by atoms with Gasteiger partial charge < -0.3 is 11.1 Å². The van der Waals surface area contributed by atoms with Crippen LogP contribution in [0.3, 0.4) is 0 Å². The van der Waals surface area contributed by atoms with Crippen molar-refractivity contribution in [2.24, 2.45) is 5.73 Å². The zero-order valence-corrected chi connectivity index (χ0v) is 10.9. The largest absolute Gasteiger partial charge is 0.389 e. The van der Waals surface area contributed by atoms with E-state index in [1.807, 2.05) is 0 Å². The van der Waals surface area contributed by atoms with Gasteiger partial charge in [-0.2, -0.15) is 0 Å². The molecule has 0 aliphatic carbocycles. The van der Waals surface area contributed by atoms with Crippen LogP contribution in [0.5, 0.6) is 0 Å². The number of thiocarbonyl (C=S) groups is 1. The minimum absolute atomic E-state index is 0.194. The maximum atomic E-state index is 13.1. The van der Waals surface area contributed by atoms with Crippen LogP contribution in [0.15, 0.2) is 42.5 Å². The molecule has 0 saturated heterocycles. The molecule has 2 nitrogen and oxygen atoms in total. The third-order valence-corrected chi connectivity index (χ3v) is 2.88. The van der Waals surface area contributed by atoms with Gasteiger partial charge in [-0.05, 0) is 30.3 Å². The number of hydrogen-bond donors (Lipinski definition) is 2. The Bertz CT molecular complexity index is 601. The molecule has 0 fully saturated rings. The van der Waals surface area contributed by atoms with Crippen LogP contribution in [0.2, 0.25) is 5.02 Å². The molecule has 0 aliphatic heterocycles. The van der Waals surface area contributed by atoms with E-state index in [4.69, 9.17) is 29.6 Å². The Morgan fingerprint density at radius 2 is 1.94 bits per heavy atom. The first-order valence-electron chi connectivity index (χ1n) is 5.19. The van der Waals surface area contributed by atoms with Gasteiger partial charge in [-0.25, -0.2) is 4.39 Å². The quantitative estimate of drug-likeness (QED) is 0.839. The lowest BCUT2D eigenvalue weighted by molar-refractivity contribution is 0.628. The highest BCUT2D eigenvalue weighted by Gasteiger charge is 2.09. The van der Waals surface area contributed by atoms with E-state index in [-0.39, 0.29) is 10.8 Å². The SMILES string of the molecule is NC(=S)c1c(Cl)cccc1Nc1cccc(F)c1. The van der Waals surface area contributed by atoms with Crippen LogP contribution >= 0.6 is 23.8 Å². The first kappa shape index (κ1) is 12.8. The number of nitrogens with one attached hydrogen (secondary N) is 1. The van der Waals surface area contributed by atoms with E-state index >= 15 is 0 Å². The fraction of sp³-hybridized carbons (Fsp3) is 0. The van der Waals surface area contributed by atoms with Gasteiger partial charge in [0.25, 0.3) is 0 Å². The summed E-state index contributed by atoms with van der Waals surface area (Å²) >= 11 is 11.0. The van der Waals surface area contributed by atoms with E-state index in [0.717, 1.165) is 0 Å². The van der Waals surface area contributed by atoms with Crippen molar-refractivity contribution in [1.29, 1.82) is 0 Å². The van der Waals surface area contributed by atoms with Crippen LogP contribution in [0.4, 0.5) is 15.8 Å². The highest BCUT2D eigenvalue weighted by molar-refractivity contribution is 7.80. The van der Waals surface area contributed by atoms with Gasteiger partial charge in [-0.3, -0.25) is 0 Å². The van der Waals surface area contributed by atoms with Crippen LogP contribution in [-0.2, 0) is 0 Å². The van der Waals surface area contributed by atoms with E-state index < -0.39 is 0 Å². The Morgan fingerprint density at radius 1 is 1.22 bits per heavy atom. The molecule has 2 aromatic rings. The third-order valence-electron chi connectivity index (χ3n) is 2.36. The first-order valence-corrected chi connectivity index (χ1v) is 5.97. The number of benzene rings is 2. The lowest BCUT2D eigenvalue weighted by Gasteiger charge is -2.12. The molecule has 0 atom stereocenters. The second-order valence-electron chi connectivity index (χ2n) is 3.66. The van der Waals surface area contributed by atoms with Gasteiger partial charge in [-0.1, -0.05) is 36.0 Å². The molecule has 0 aliphatic rings. The molecule has 0 bridgehead atoms. The Hall–Kier alpha value is -1.65. The smallest absolute Gasteiger partial charge is 0.125 e. The van der Waals surface area contributed by atoms with Crippen molar-refractivity contribution in [1.82, 2.24) is 0 Å². The maximum absolute atomic E-state index is 13.1. The van der Waals surface area contributed by atoms with Crippen LogP contribution in [0.25, 0.3) is 0 Å². The molecule has 0 unspecified atom stereocenters. The van der Waals surface area contributed by atoms with Crippen molar-refractivity contribution in [3.05, 3.63) is 58.9 Å². The minimum Gasteiger partial charge on any atom is -0.389 e. The normalized spacial score (nSPS) is 10.1. The van der Waals surface area contributed by atoms with E-state index in [9.17, 15) is 4.39 Å². The van der Waals surface area contributed by atoms with Gasteiger partial charge in [-0.15, -0.1) is 0 Å². The molecule has 0 saturated carbocycles. The number of rotatable bonds is 3. The average Bonchev–Trinajstić information content (AvgIpc) is 2.28. The summed E-state index contributed by atoms with van der Waals surface area (Å²) in [6.45, 7) is 0. The van der Waals surface area contributed by atoms with Crippen molar-refractivity contribution >= 4 is 40.2 Å². The first-order chi connectivity index (χ1) is 8.58. The van der Waals surface area contributed by atoms with Gasteiger partial charge in [0.1, 0.15) is 10.8 Å². The standard InChI is InChI=1S/C13H10ClFN2S/c14-10-5-2-6-11(12(10)13(16)18)17-9-4-1-3-8(15)7-9/h1-7,17H,(H2,16,18). The van der Waals surface area contributed by atoms with E-state index in [0.29, 0.717) is 22.0 Å². The Labute approximate surface area is 115 Å². The number of anilines is 2. The van der Waals surface area contributed by atoms with Gasteiger partial charge in [0, 0.05) is 5.69 Å². The van der Waals surface area contributed by atoms with Crippen molar-refractivity contribution in [2.45, 2.75) is 0 Å². The van der Waals surface area contributed by atoms with Crippen molar-refractivity contribution < 1.29 is 4.39 Å². The lowest BCUT2D eigenvalue weighted by atomic mass is 10.1. The molecular weight excluding hydrogens is 271 g/mol. The van der Waals surface area contributed by atoms with Crippen LogP contribution in [-0.4, -0.2) is 4.99 Å². The molecule has 2 rings (SSSR count). The topological polar surface area (TPSA) is 38.0 Å². The van der Waals surface area contributed by atoms with Gasteiger partial charge in [0.2, 0.25) is 0 Å². The summed E-state index contributed by atoms with van der Waals surface area (Å²) in [5.74, 6) is -0.320. The highest BCUT2D eigenvalue weighted by Crippen LogP contribution is 2.27. The van der Waals surface area contributed by atoms with E-state index in [2.05, 4.69) is 5.32 Å². The molecule has 2 aromatic carbocycles. The number of nitrogens with two attached hydrogens (primary N) is 1. The van der Waals surface area contributed by atoms with Crippen LogP contribution < -0.4 is 11.1 Å². The van der Waals surface area contributed by atoms with Crippen LogP contribution in [0, 0.1) is 5.82 Å². The molecule has 3 N–H and O–H groups in total. The second kappa shape index (κ2) is 5.33. The fourth-order valence-electron chi connectivity index (χ4n) is 1.60. The Balaban J connectivity index is 2.40. The number of hydrogen-bond acceptors (Lipinski definition) is 2. The highest BCUT2D eigenvalue weighted by atomic mass is 35.5. The lowest BCUT2D eigenvalue weighted by Crippen LogP contribution is -2.12. The third kappa shape index (κ3) is 2.78. The molecule has 0 aromatic heterocycles. The summed E-state index contributed by atoms with van der Waals surface area (Å²) in [6.07, 6.45) is 0. The predicted molar refractivity (Wildman–Crippen MR) is 77.0 cm³/mol. The fourth-order valence-corrected chi connectivity index (χ4v) is 2.15. The average molecular weight is 281 g/mol. The van der Waals surface area contributed by atoms with E-state index in [1.165, 1.54) is 12.1 Å². The molecular formula is C13H10ClFN2S. The zero-order chi connectivity index (χ0) is 13.1. The van der Waals surface area contributed by atoms with Gasteiger partial charge in [0.15, 0.2) is 0 Å². The van der Waals surface area contributed by atoms with Gasteiger partial charge >= 0.3 is 0 Å². The molecule has 0 radical (unpaired) electrons. The number of halogens is 2. The van der Waals surface area contributed by atoms with Gasteiger partial charge in [0.05, 0.1) is 16.3 Å². The molecule has 0 amide bonds. The maximum Gasteiger partial charge on any atom is 0.125 e. The molecule has 0 heterocycles. The van der Waals surface area contributed by atoms with Crippen molar-refractivity contribution in [3.8, 4) is 0 Å². The summed E-state index contributed by atoms with van der Waals surface area (Å²) < 4.78 is 13.1. The molecule has 0 spiro atoms. The Kier molecular flexibility index (Phi) is 3.79. The second-order valence-corrected chi connectivity index (χ2v) is 4.51. The molecule has 18 heavy (non-hydrogen) atoms. The summed E-state index contributed by atoms with van der Waals surface area (Å²) in [5, 5.41) is 3.51. The summed E-state index contributed by atoms with van der Waals surface area (Å²) in [6, 6.07) is 11.4. The molecule has 5 heteroatoms. The Morgan fingerprint density at radius 3 is 2.61 bits per heavy atom. The van der Waals surface area contributed by atoms with Crippen molar-refractivity contribution in [2.75, 3.05) is 5.32 Å². The monoisotopic (exact) mass is 280 g/mol. The summed E-state index contributed by atoms with van der Waals surface area (Å²) in [4.78, 5) is 0.194. The predicted octanol–water partition coefficient (Wildman–Crippen LogP) is 3.86.